The Hall–Kier alpha value is -3.72. The van der Waals surface area contributed by atoms with Crippen molar-refractivity contribution in [3.8, 4) is 17.4 Å². The lowest BCUT2D eigenvalue weighted by atomic mass is 10.1. The lowest BCUT2D eigenvalue weighted by Crippen LogP contribution is -2.27. The molecule has 8 nitrogen and oxygen atoms in total. The molecule has 2 aromatic carbocycles. The summed E-state index contributed by atoms with van der Waals surface area (Å²) in [5, 5.41) is 22.8. The minimum Gasteiger partial charge on any atom is -0.504 e. The first-order valence-corrected chi connectivity index (χ1v) is 11.2. The van der Waals surface area contributed by atoms with Gasteiger partial charge in [-0.15, -0.1) is 0 Å². The Balaban J connectivity index is 1.48. The lowest BCUT2D eigenvalue weighted by Gasteiger charge is -2.08. The maximum atomic E-state index is 12.3. The van der Waals surface area contributed by atoms with E-state index < -0.39 is 5.56 Å². The van der Waals surface area contributed by atoms with E-state index in [9.17, 15) is 19.8 Å². The molecule has 0 unspecified atom stereocenters. The van der Waals surface area contributed by atoms with E-state index in [2.05, 4.69) is 15.3 Å². The lowest BCUT2D eigenvalue weighted by molar-refractivity contribution is -0.118. The number of benzene rings is 2. The van der Waals surface area contributed by atoms with Crippen molar-refractivity contribution in [3.63, 3.8) is 0 Å². The van der Waals surface area contributed by atoms with E-state index in [-0.39, 0.29) is 40.4 Å². The van der Waals surface area contributed by atoms with Crippen molar-refractivity contribution in [2.45, 2.75) is 18.0 Å². The zero-order valence-corrected chi connectivity index (χ0v) is 18.9. The molecule has 4 N–H and O–H groups in total. The van der Waals surface area contributed by atoms with Gasteiger partial charge in [0, 0.05) is 13.0 Å². The van der Waals surface area contributed by atoms with Crippen LogP contribution in [-0.2, 0) is 17.6 Å². The number of phenolic OH excluding ortho intramolecular Hbond substituents is 1. The molecule has 1 heterocycles. The molecule has 0 spiro atoms. The van der Waals surface area contributed by atoms with Crippen LogP contribution in [0.2, 0.25) is 0 Å². The highest BCUT2D eigenvalue weighted by Crippen LogP contribution is 2.26. The Morgan fingerprint density at radius 2 is 2.00 bits per heavy atom. The highest BCUT2D eigenvalue weighted by molar-refractivity contribution is 7.99. The number of H-pyrrole nitrogens is 1. The second-order valence-electron chi connectivity index (χ2n) is 7.09. The average Bonchev–Trinajstić information content (AvgIpc) is 2.81. The third kappa shape index (κ3) is 7.15. The number of aromatic amines is 1. The molecule has 0 fully saturated rings. The van der Waals surface area contributed by atoms with Gasteiger partial charge in [-0.25, -0.2) is 0 Å². The zero-order chi connectivity index (χ0) is 23.6. The van der Waals surface area contributed by atoms with Gasteiger partial charge < -0.3 is 25.3 Å². The van der Waals surface area contributed by atoms with Gasteiger partial charge in [-0.1, -0.05) is 60.3 Å². The Labute approximate surface area is 195 Å². The minimum atomic E-state index is -0.534. The normalized spacial score (nSPS) is 10.9. The smallest absolute Gasteiger partial charge is 0.281 e. The molecule has 0 aliphatic rings. The highest BCUT2D eigenvalue weighted by Gasteiger charge is 2.11. The molecule has 3 aromatic rings. The second kappa shape index (κ2) is 11.8. The molecule has 3 rings (SSSR count). The number of hydrogen-bond donors (Lipinski definition) is 4. The minimum absolute atomic E-state index is 0.0362. The Kier molecular flexibility index (Phi) is 8.54. The molecule has 0 aliphatic carbocycles. The summed E-state index contributed by atoms with van der Waals surface area (Å²) in [6.45, 7) is 0.398. The van der Waals surface area contributed by atoms with E-state index in [1.807, 2.05) is 36.4 Å². The number of phenols is 1. The molecule has 33 heavy (non-hydrogen) atoms. The number of aromatic hydroxyl groups is 2. The van der Waals surface area contributed by atoms with Crippen LogP contribution in [-0.4, -0.2) is 45.5 Å². The second-order valence-corrected chi connectivity index (χ2v) is 8.05. The quantitative estimate of drug-likeness (QED) is 0.267. The van der Waals surface area contributed by atoms with Gasteiger partial charge in [-0.3, -0.25) is 9.59 Å². The summed E-state index contributed by atoms with van der Waals surface area (Å²) in [5.41, 5.74) is 1.53. The largest absolute Gasteiger partial charge is 0.504 e. The number of amides is 1. The van der Waals surface area contributed by atoms with Crippen LogP contribution >= 0.6 is 11.8 Å². The van der Waals surface area contributed by atoms with Crippen LogP contribution in [0.4, 0.5) is 0 Å². The molecule has 0 atom stereocenters. The first-order valence-electron chi connectivity index (χ1n) is 10.3. The van der Waals surface area contributed by atoms with E-state index in [4.69, 9.17) is 4.74 Å². The SMILES string of the molecule is COc1cc(CCNC(=O)CSc2nc(=O)c(C/C=C/c3ccccc3)c(O)[nH]2)ccc1O. The van der Waals surface area contributed by atoms with Crippen LogP contribution in [0.3, 0.4) is 0 Å². The van der Waals surface area contributed by atoms with Gasteiger partial charge in [-0.2, -0.15) is 4.98 Å². The molecular formula is C24H25N3O5S. The van der Waals surface area contributed by atoms with Gasteiger partial charge in [0.1, 0.15) is 0 Å². The van der Waals surface area contributed by atoms with Crippen molar-refractivity contribution >= 4 is 23.7 Å². The van der Waals surface area contributed by atoms with E-state index >= 15 is 0 Å². The molecule has 0 saturated heterocycles. The number of carbonyl (C=O) groups excluding carboxylic acids is 1. The summed E-state index contributed by atoms with van der Waals surface area (Å²) in [6.07, 6.45) is 4.44. The van der Waals surface area contributed by atoms with Crippen molar-refractivity contribution in [1.29, 1.82) is 0 Å². The summed E-state index contributed by atoms with van der Waals surface area (Å²) in [5.74, 6) is -0.0123. The first kappa shape index (κ1) is 23.9. The fourth-order valence-corrected chi connectivity index (χ4v) is 3.69. The van der Waals surface area contributed by atoms with Gasteiger partial charge in [-0.05, 0) is 29.7 Å². The topological polar surface area (TPSA) is 125 Å². The number of ether oxygens (including phenoxy) is 1. The maximum Gasteiger partial charge on any atom is 0.281 e. The van der Waals surface area contributed by atoms with Crippen LogP contribution in [0.15, 0.2) is 64.6 Å². The maximum absolute atomic E-state index is 12.3. The van der Waals surface area contributed by atoms with E-state index in [1.165, 1.54) is 7.11 Å². The number of nitrogens with one attached hydrogen (secondary N) is 2. The van der Waals surface area contributed by atoms with Gasteiger partial charge in [0.25, 0.3) is 5.56 Å². The molecular weight excluding hydrogens is 442 g/mol. The molecule has 0 aliphatic heterocycles. The molecule has 0 bridgehead atoms. The van der Waals surface area contributed by atoms with Crippen molar-refractivity contribution < 1.29 is 19.7 Å². The third-order valence-corrected chi connectivity index (χ3v) is 5.60. The molecule has 9 heteroatoms. The molecule has 172 valence electrons. The molecule has 1 amide bonds. The van der Waals surface area contributed by atoms with Gasteiger partial charge >= 0.3 is 0 Å². The van der Waals surface area contributed by atoms with Gasteiger partial charge in [0.15, 0.2) is 22.5 Å². The summed E-state index contributed by atoms with van der Waals surface area (Å²) in [6, 6.07) is 14.6. The number of aromatic nitrogens is 2. The van der Waals surface area contributed by atoms with Crippen molar-refractivity contribution in [2.75, 3.05) is 19.4 Å². The fraction of sp³-hybridized carbons (Fsp3) is 0.208. The van der Waals surface area contributed by atoms with Crippen molar-refractivity contribution in [1.82, 2.24) is 15.3 Å². The highest BCUT2D eigenvalue weighted by atomic mass is 32.2. The summed E-state index contributed by atoms with van der Waals surface area (Å²) in [4.78, 5) is 31.0. The van der Waals surface area contributed by atoms with E-state index in [1.54, 1.807) is 24.3 Å². The molecule has 0 radical (unpaired) electrons. The number of thioether (sulfide) groups is 1. The number of rotatable bonds is 10. The standard InChI is InChI=1S/C24H25N3O5S/c1-32-20-14-17(10-11-19(20)28)12-13-25-21(29)15-33-24-26-22(30)18(23(31)27-24)9-5-8-16-6-3-2-4-7-16/h2-8,10-11,14,28H,9,12-13,15H2,1H3,(H,25,29)(H2,26,27,30,31)/b8-5+. The number of methoxy groups -OCH3 is 1. The Morgan fingerprint density at radius 1 is 1.21 bits per heavy atom. The van der Waals surface area contributed by atoms with Crippen molar-refractivity contribution in [3.05, 3.63) is 81.7 Å². The Morgan fingerprint density at radius 3 is 2.73 bits per heavy atom. The third-order valence-electron chi connectivity index (χ3n) is 4.72. The molecule has 1 aromatic heterocycles. The van der Waals surface area contributed by atoms with Crippen molar-refractivity contribution in [2.24, 2.45) is 0 Å². The van der Waals surface area contributed by atoms with Gasteiger partial charge in [0.05, 0.1) is 18.4 Å². The average molecular weight is 468 g/mol. The van der Waals surface area contributed by atoms with Crippen LogP contribution in [0.5, 0.6) is 17.4 Å². The van der Waals surface area contributed by atoms with Gasteiger partial charge in [0.2, 0.25) is 5.91 Å². The van der Waals surface area contributed by atoms with E-state index in [0.29, 0.717) is 18.7 Å². The predicted octanol–water partition coefficient (Wildman–Crippen LogP) is 2.90. The van der Waals surface area contributed by atoms with Crippen LogP contribution in [0.25, 0.3) is 6.08 Å². The van der Waals surface area contributed by atoms with Crippen LogP contribution < -0.4 is 15.6 Å². The number of nitrogens with zero attached hydrogens (tertiary/aromatic N) is 1. The number of carbonyl (C=O) groups is 1. The van der Waals surface area contributed by atoms with Crippen LogP contribution in [0.1, 0.15) is 16.7 Å². The number of allylic oxidation sites excluding steroid dienone is 1. The fourth-order valence-electron chi connectivity index (χ4n) is 3.00. The molecule has 0 saturated carbocycles. The summed E-state index contributed by atoms with van der Waals surface area (Å²) >= 11 is 1.03. The Bertz CT molecular complexity index is 1180. The number of hydrogen-bond acceptors (Lipinski definition) is 7. The predicted molar refractivity (Wildman–Crippen MR) is 128 cm³/mol. The monoisotopic (exact) mass is 467 g/mol. The van der Waals surface area contributed by atoms with Crippen LogP contribution in [0, 0.1) is 0 Å². The zero-order valence-electron chi connectivity index (χ0n) is 18.1. The summed E-state index contributed by atoms with van der Waals surface area (Å²) in [7, 11) is 1.47. The summed E-state index contributed by atoms with van der Waals surface area (Å²) < 4.78 is 5.07. The van der Waals surface area contributed by atoms with E-state index in [0.717, 1.165) is 22.9 Å². The first-order chi connectivity index (χ1) is 16.0.